The summed E-state index contributed by atoms with van der Waals surface area (Å²) in [4.78, 5) is 12.3. The van der Waals surface area contributed by atoms with Gasteiger partial charge in [-0.2, -0.15) is 5.26 Å². The van der Waals surface area contributed by atoms with Gasteiger partial charge in [0.2, 0.25) is 0 Å². The number of hydrogen-bond acceptors (Lipinski definition) is 5. The molecule has 1 atom stereocenters. The van der Waals surface area contributed by atoms with Gasteiger partial charge in [0, 0.05) is 23.2 Å². The first-order valence-electron chi connectivity index (χ1n) is 8.04. The van der Waals surface area contributed by atoms with Crippen molar-refractivity contribution in [3.05, 3.63) is 27.7 Å². The lowest BCUT2D eigenvalue weighted by Gasteiger charge is -2.13. The maximum atomic E-state index is 12.3. The molecule has 1 N–H and O–H groups in total. The van der Waals surface area contributed by atoms with E-state index in [0.717, 1.165) is 12.8 Å². The van der Waals surface area contributed by atoms with Crippen molar-refractivity contribution in [1.82, 2.24) is 5.32 Å². The van der Waals surface area contributed by atoms with E-state index in [1.807, 2.05) is 6.07 Å². The molecule has 0 unspecified atom stereocenters. The van der Waals surface area contributed by atoms with E-state index in [1.165, 1.54) is 13.2 Å². The van der Waals surface area contributed by atoms with Crippen LogP contribution in [-0.4, -0.2) is 38.9 Å². The highest BCUT2D eigenvalue weighted by Crippen LogP contribution is 2.36. The maximum Gasteiger partial charge on any atom is 0.262 e. The fourth-order valence-corrected chi connectivity index (χ4v) is 2.98. The molecule has 0 aromatic heterocycles. The molecule has 1 aliphatic rings. The van der Waals surface area contributed by atoms with E-state index in [-0.39, 0.29) is 18.3 Å². The van der Waals surface area contributed by atoms with E-state index in [0.29, 0.717) is 34.7 Å². The van der Waals surface area contributed by atoms with Crippen LogP contribution in [0.15, 0.2) is 22.2 Å². The minimum absolute atomic E-state index is 0.000575. The Labute approximate surface area is 161 Å². The van der Waals surface area contributed by atoms with E-state index in [2.05, 4.69) is 27.2 Å². The third kappa shape index (κ3) is 5.26. The van der Waals surface area contributed by atoms with Crippen molar-refractivity contribution in [2.75, 3.05) is 26.9 Å². The Kier molecular flexibility index (Phi) is 7.53. The minimum atomic E-state index is -0.468. The highest BCUT2D eigenvalue weighted by Gasteiger charge is 2.19. The maximum absolute atomic E-state index is 12.3. The predicted molar refractivity (Wildman–Crippen MR) is 101 cm³/mol. The summed E-state index contributed by atoms with van der Waals surface area (Å²) in [5.41, 5.74) is 0.462. The number of methoxy groups -OCH3 is 1. The summed E-state index contributed by atoms with van der Waals surface area (Å²) in [5, 5.41) is 12.1. The number of ether oxygens (including phenoxy) is 3. The molecule has 0 spiro atoms. The Balaban J connectivity index is 2.25. The molecule has 1 aromatic carbocycles. The quantitative estimate of drug-likeness (QED) is 0.418. The van der Waals surface area contributed by atoms with Crippen molar-refractivity contribution < 1.29 is 19.0 Å². The summed E-state index contributed by atoms with van der Waals surface area (Å²) in [6.07, 6.45) is 8.58. The molecule has 1 fully saturated rings. The van der Waals surface area contributed by atoms with Crippen LogP contribution in [0.1, 0.15) is 18.4 Å². The second kappa shape index (κ2) is 9.86. The molecule has 2 rings (SSSR count). The van der Waals surface area contributed by atoms with Crippen molar-refractivity contribution in [3.63, 3.8) is 0 Å². The Bertz CT molecular complexity index is 771. The van der Waals surface area contributed by atoms with Crippen LogP contribution in [0.3, 0.4) is 0 Å². The predicted octanol–water partition coefficient (Wildman–Crippen LogP) is 2.67. The van der Waals surface area contributed by atoms with Crippen molar-refractivity contribution in [2.45, 2.75) is 18.9 Å². The lowest BCUT2D eigenvalue weighted by molar-refractivity contribution is -0.117. The van der Waals surface area contributed by atoms with Gasteiger partial charge in [0.25, 0.3) is 5.91 Å². The molecule has 1 amide bonds. The fraction of sp³-hybridized carbons (Fsp3) is 0.368. The van der Waals surface area contributed by atoms with Crippen LogP contribution < -0.4 is 14.8 Å². The molecule has 0 radical (unpaired) electrons. The van der Waals surface area contributed by atoms with E-state index < -0.39 is 5.91 Å². The summed E-state index contributed by atoms with van der Waals surface area (Å²) in [6, 6.07) is 5.36. The van der Waals surface area contributed by atoms with Gasteiger partial charge in [0.05, 0.1) is 13.2 Å². The number of nitrogens with one attached hydrogen (secondary N) is 1. The number of rotatable bonds is 7. The number of benzene rings is 1. The average molecular weight is 419 g/mol. The van der Waals surface area contributed by atoms with Crippen LogP contribution in [-0.2, 0) is 9.53 Å². The molecule has 26 heavy (non-hydrogen) atoms. The molecule has 1 heterocycles. The summed E-state index contributed by atoms with van der Waals surface area (Å²) in [7, 11) is 1.50. The first-order chi connectivity index (χ1) is 12.6. The van der Waals surface area contributed by atoms with Crippen molar-refractivity contribution >= 4 is 27.9 Å². The van der Waals surface area contributed by atoms with E-state index in [4.69, 9.17) is 20.6 Å². The van der Waals surface area contributed by atoms with Gasteiger partial charge in [-0.1, -0.05) is 21.9 Å². The Hall–Kier alpha value is -2.48. The molecular formula is C19H19BrN2O4. The first-order valence-corrected chi connectivity index (χ1v) is 8.83. The lowest BCUT2D eigenvalue weighted by atomic mass is 10.1. The molecule has 7 heteroatoms. The van der Waals surface area contributed by atoms with E-state index >= 15 is 0 Å². The normalized spacial score (nSPS) is 16.5. The van der Waals surface area contributed by atoms with Crippen LogP contribution in [0.5, 0.6) is 11.5 Å². The number of nitrogens with zero attached hydrogens (tertiary/aromatic N) is 1. The number of amides is 1. The van der Waals surface area contributed by atoms with Crippen molar-refractivity contribution in [2.24, 2.45) is 0 Å². The molecule has 1 aromatic rings. The molecule has 1 saturated heterocycles. The topological polar surface area (TPSA) is 80.6 Å². The van der Waals surface area contributed by atoms with Gasteiger partial charge < -0.3 is 19.5 Å². The van der Waals surface area contributed by atoms with Gasteiger partial charge in [-0.15, -0.1) is 6.42 Å². The van der Waals surface area contributed by atoms with Gasteiger partial charge >= 0.3 is 0 Å². The SMILES string of the molecule is C#CCOc1c(/C=C(\C#N)C(=O)NC[C@H]2CCCO2)cc(Br)cc1OC. The Morgan fingerprint density at radius 3 is 3.00 bits per heavy atom. The third-order valence-corrected chi connectivity index (χ3v) is 4.21. The first kappa shape index (κ1) is 19.8. The molecule has 136 valence electrons. The summed E-state index contributed by atoms with van der Waals surface area (Å²) in [5.74, 6) is 2.73. The van der Waals surface area contributed by atoms with E-state index in [9.17, 15) is 10.1 Å². The monoisotopic (exact) mass is 418 g/mol. The van der Waals surface area contributed by atoms with Crippen LogP contribution in [0.4, 0.5) is 0 Å². The average Bonchev–Trinajstić information content (AvgIpc) is 3.16. The van der Waals surface area contributed by atoms with Crippen LogP contribution in [0, 0.1) is 23.7 Å². The van der Waals surface area contributed by atoms with Gasteiger partial charge in [-0.25, -0.2) is 0 Å². The fourth-order valence-electron chi connectivity index (χ4n) is 2.53. The largest absolute Gasteiger partial charge is 0.493 e. The molecular weight excluding hydrogens is 400 g/mol. The second-order valence-corrected chi connectivity index (χ2v) is 6.45. The van der Waals surface area contributed by atoms with Gasteiger partial charge in [0.15, 0.2) is 11.5 Å². The van der Waals surface area contributed by atoms with Crippen LogP contribution in [0.25, 0.3) is 6.08 Å². The highest BCUT2D eigenvalue weighted by atomic mass is 79.9. The number of terminal acetylenes is 1. The lowest BCUT2D eigenvalue weighted by Crippen LogP contribution is -2.32. The number of halogens is 1. The standard InChI is InChI=1S/C19H19BrN2O4/c1-3-6-26-18-13(9-15(20)10-17(18)24-2)8-14(11-21)19(23)22-12-16-5-4-7-25-16/h1,8-10,16H,4-7,12H2,2H3,(H,22,23)/b14-8+/t16-/m1/s1. The molecule has 0 aliphatic carbocycles. The Morgan fingerprint density at radius 1 is 1.58 bits per heavy atom. The summed E-state index contributed by atoms with van der Waals surface area (Å²) < 4.78 is 17.0. The summed E-state index contributed by atoms with van der Waals surface area (Å²) >= 11 is 3.38. The smallest absolute Gasteiger partial charge is 0.262 e. The molecule has 0 bridgehead atoms. The molecule has 6 nitrogen and oxygen atoms in total. The minimum Gasteiger partial charge on any atom is -0.493 e. The Morgan fingerprint density at radius 2 is 2.38 bits per heavy atom. The number of hydrogen-bond donors (Lipinski definition) is 1. The van der Waals surface area contributed by atoms with Gasteiger partial charge in [-0.05, 0) is 31.1 Å². The van der Waals surface area contributed by atoms with Crippen LogP contribution >= 0.6 is 15.9 Å². The number of carbonyl (C=O) groups excluding carboxylic acids is 1. The molecule has 0 saturated carbocycles. The van der Waals surface area contributed by atoms with Crippen molar-refractivity contribution in [1.29, 1.82) is 5.26 Å². The second-order valence-electron chi connectivity index (χ2n) is 5.53. The van der Waals surface area contributed by atoms with Crippen LogP contribution in [0.2, 0.25) is 0 Å². The van der Waals surface area contributed by atoms with Gasteiger partial charge in [0.1, 0.15) is 18.2 Å². The zero-order chi connectivity index (χ0) is 18.9. The van der Waals surface area contributed by atoms with Crippen molar-refractivity contribution in [3.8, 4) is 29.9 Å². The van der Waals surface area contributed by atoms with Gasteiger partial charge in [-0.3, -0.25) is 4.79 Å². The third-order valence-electron chi connectivity index (χ3n) is 3.75. The van der Waals surface area contributed by atoms with E-state index in [1.54, 1.807) is 12.1 Å². The number of nitriles is 1. The molecule has 1 aliphatic heterocycles. The highest BCUT2D eigenvalue weighted by molar-refractivity contribution is 9.10. The summed E-state index contributed by atoms with van der Waals surface area (Å²) in [6.45, 7) is 1.11. The zero-order valence-corrected chi connectivity index (χ0v) is 16.0. The zero-order valence-electron chi connectivity index (χ0n) is 14.4. The number of carbonyl (C=O) groups is 1.